The molecule has 2 N–H and O–H groups in total. The van der Waals surface area contributed by atoms with Gasteiger partial charge in [0.25, 0.3) is 15.9 Å². The molecule has 3 rings (SSSR count). The normalized spacial score (nSPS) is 10.9. The van der Waals surface area contributed by atoms with Crippen LogP contribution in [0.5, 0.6) is 5.75 Å². The summed E-state index contributed by atoms with van der Waals surface area (Å²) in [7, 11) is -2.53. The third-order valence-electron chi connectivity index (χ3n) is 4.32. The van der Waals surface area contributed by atoms with E-state index in [1.807, 2.05) is 0 Å². The van der Waals surface area contributed by atoms with Crippen molar-refractivity contribution in [3.8, 4) is 5.75 Å². The van der Waals surface area contributed by atoms with Gasteiger partial charge in [-0.2, -0.15) is 0 Å². The Hall–Kier alpha value is -3.65. The van der Waals surface area contributed by atoms with Crippen molar-refractivity contribution in [2.24, 2.45) is 0 Å². The molecule has 1 amide bonds. The summed E-state index contributed by atoms with van der Waals surface area (Å²) in [6.07, 6.45) is 0. The maximum absolute atomic E-state index is 12.8. The van der Waals surface area contributed by atoms with Crippen LogP contribution < -0.4 is 14.8 Å². The Balaban J connectivity index is 1.91. The second-order valence-electron chi connectivity index (χ2n) is 6.39. The van der Waals surface area contributed by atoms with Crippen molar-refractivity contribution < 1.29 is 22.7 Å². The molecule has 0 atom stereocenters. The highest BCUT2D eigenvalue weighted by Gasteiger charge is 2.20. The molecule has 0 aliphatic carbocycles. The van der Waals surface area contributed by atoms with Gasteiger partial charge >= 0.3 is 0 Å². The summed E-state index contributed by atoms with van der Waals surface area (Å²) in [6.45, 7) is 1.36. The first-order valence-electron chi connectivity index (χ1n) is 8.99. The molecule has 0 spiro atoms. The summed E-state index contributed by atoms with van der Waals surface area (Å²) in [5.41, 5.74) is 0.977. The van der Waals surface area contributed by atoms with Gasteiger partial charge in [0, 0.05) is 5.56 Å². The SMILES string of the molecule is COc1ccccc1NC(=O)c1ccccc1NS(=O)(=O)c1cccc(C(C)=O)c1. The first-order chi connectivity index (χ1) is 14.3. The van der Waals surface area contributed by atoms with Crippen LogP contribution >= 0.6 is 0 Å². The number of ether oxygens (including phenoxy) is 1. The molecule has 0 fully saturated rings. The average molecular weight is 424 g/mol. The van der Waals surface area contributed by atoms with Gasteiger partial charge in [0.1, 0.15) is 5.75 Å². The number of ketones is 1. The van der Waals surface area contributed by atoms with Gasteiger partial charge < -0.3 is 10.1 Å². The predicted octanol–water partition coefficient (Wildman–Crippen LogP) is 3.95. The van der Waals surface area contributed by atoms with Gasteiger partial charge in [0.15, 0.2) is 5.78 Å². The lowest BCUT2D eigenvalue weighted by atomic mass is 10.1. The number of nitrogens with one attached hydrogen (secondary N) is 2. The minimum atomic E-state index is -4.02. The Kier molecular flexibility index (Phi) is 6.17. The molecular weight excluding hydrogens is 404 g/mol. The van der Waals surface area contributed by atoms with Gasteiger partial charge in [0.05, 0.1) is 28.9 Å². The summed E-state index contributed by atoms with van der Waals surface area (Å²) in [4.78, 5) is 24.3. The summed E-state index contributed by atoms with van der Waals surface area (Å²) in [5.74, 6) is -0.274. The molecule has 0 bridgehead atoms. The number of Topliss-reactive ketones (excluding diaryl/α,β-unsaturated/α-hetero) is 1. The number of carbonyl (C=O) groups is 2. The fraction of sp³-hybridized carbons (Fsp3) is 0.0909. The van der Waals surface area contributed by atoms with Crippen LogP contribution in [0.4, 0.5) is 11.4 Å². The fourth-order valence-electron chi connectivity index (χ4n) is 2.79. The molecule has 30 heavy (non-hydrogen) atoms. The van der Waals surface area contributed by atoms with E-state index in [2.05, 4.69) is 10.0 Å². The van der Waals surface area contributed by atoms with E-state index >= 15 is 0 Å². The van der Waals surface area contributed by atoms with Crippen molar-refractivity contribution >= 4 is 33.1 Å². The molecule has 0 heterocycles. The summed E-state index contributed by atoms with van der Waals surface area (Å²) in [6, 6.07) is 18.8. The molecule has 0 aliphatic heterocycles. The number of carbonyl (C=O) groups excluding carboxylic acids is 2. The Morgan fingerprint density at radius 3 is 2.23 bits per heavy atom. The average Bonchev–Trinajstić information content (AvgIpc) is 2.74. The number of benzene rings is 3. The van der Waals surface area contributed by atoms with Crippen molar-refractivity contribution in [3.05, 3.63) is 83.9 Å². The van der Waals surface area contributed by atoms with E-state index < -0.39 is 15.9 Å². The quantitative estimate of drug-likeness (QED) is 0.559. The van der Waals surface area contributed by atoms with Gasteiger partial charge in [-0.3, -0.25) is 14.3 Å². The second kappa shape index (κ2) is 8.79. The van der Waals surface area contributed by atoms with E-state index in [4.69, 9.17) is 4.74 Å². The number of para-hydroxylation sites is 3. The lowest BCUT2D eigenvalue weighted by Crippen LogP contribution is -2.19. The first-order valence-corrected chi connectivity index (χ1v) is 10.5. The van der Waals surface area contributed by atoms with Crippen LogP contribution in [0.1, 0.15) is 27.6 Å². The van der Waals surface area contributed by atoms with Crippen molar-refractivity contribution in [1.29, 1.82) is 0 Å². The maximum Gasteiger partial charge on any atom is 0.261 e. The van der Waals surface area contributed by atoms with Crippen LogP contribution in [0, 0.1) is 0 Å². The highest BCUT2D eigenvalue weighted by Crippen LogP contribution is 2.26. The minimum absolute atomic E-state index is 0.0739. The van der Waals surface area contributed by atoms with E-state index in [9.17, 15) is 18.0 Å². The number of hydrogen-bond acceptors (Lipinski definition) is 5. The van der Waals surface area contributed by atoms with Crippen LogP contribution in [0.3, 0.4) is 0 Å². The second-order valence-corrected chi connectivity index (χ2v) is 8.07. The topological polar surface area (TPSA) is 102 Å². The van der Waals surface area contributed by atoms with E-state index in [1.54, 1.807) is 36.4 Å². The van der Waals surface area contributed by atoms with Crippen LogP contribution in [0.25, 0.3) is 0 Å². The van der Waals surface area contributed by atoms with E-state index in [-0.39, 0.29) is 27.5 Å². The smallest absolute Gasteiger partial charge is 0.261 e. The number of methoxy groups -OCH3 is 1. The van der Waals surface area contributed by atoms with Gasteiger partial charge in [-0.05, 0) is 43.3 Å². The largest absolute Gasteiger partial charge is 0.495 e. The zero-order chi connectivity index (χ0) is 21.7. The molecule has 0 unspecified atom stereocenters. The van der Waals surface area contributed by atoms with Crippen LogP contribution in [0.2, 0.25) is 0 Å². The Morgan fingerprint density at radius 2 is 1.53 bits per heavy atom. The zero-order valence-corrected chi connectivity index (χ0v) is 17.2. The monoisotopic (exact) mass is 424 g/mol. The van der Waals surface area contributed by atoms with E-state index in [0.29, 0.717) is 11.4 Å². The summed E-state index contributed by atoms with van der Waals surface area (Å²) in [5, 5.41) is 2.72. The molecular formula is C22H20N2O5S. The molecule has 0 aromatic heterocycles. The Bertz CT molecular complexity index is 1210. The van der Waals surface area contributed by atoms with E-state index in [1.165, 1.54) is 50.4 Å². The minimum Gasteiger partial charge on any atom is -0.495 e. The van der Waals surface area contributed by atoms with Crippen LogP contribution in [-0.4, -0.2) is 27.2 Å². The number of rotatable bonds is 7. The van der Waals surface area contributed by atoms with Crippen molar-refractivity contribution in [3.63, 3.8) is 0 Å². The number of sulfonamides is 1. The summed E-state index contributed by atoms with van der Waals surface area (Å²) < 4.78 is 33.3. The molecule has 0 saturated heterocycles. The predicted molar refractivity (Wildman–Crippen MR) is 115 cm³/mol. The van der Waals surface area contributed by atoms with Crippen molar-refractivity contribution in [2.75, 3.05) is 17.1 Å². The van der Waals surface area contributed by atoms with Gasteiger partial charge in [0.2, 0.25) is 0 Å². The van der Waals surface area contributed by atoms with Gasteiger partial charge in [-0.25, -0.2) is 8.42 Å². The molecule has 0 saturated carbocycles. The highest BCUT2D eigenvalue weighted by molar-refractivity contribution is 7.92. The van der Waals surface area contributed by atoms with Crippen molar-refractivity contribution in [2.45, 2.75) is 11.8 Å². The van der Waals surface area contributed by atoms with Crippen LogP contribution in [-0.2, 0) is 10.0 Å². The summed E-state index contributed by atoms with van der Waals surface area (Å²) >= 11 is 0. The van der Waals surface area contributed by atoms with Gasteiger partial charge in [-0.1, -0.05) is 36.4 Å². The first kappa shape index (κ1) is 21.1. The third-order valence-corrected chi connectivity index (χ3v) is 5.69. The standard InChI is InChI=1S/C22H20N2O5S/c1-15(25)16-8-7-9-17(14-16)30(27,28)24-19-11-4-3-10-18(19)22(26)23-20-12-5-6-13-21(20)29-2/h3-14,24H,1-2H3,(H,23,26). The lowest BCUT2D eigenvalue weighted by Gasteiger charge is -2.14. The third kappa shape index (κ3) is 4.66. The maximum atomic E-state index is 12.8. The molecule has 8 heteroatoms. The lowest BCUT2D eigenvalue weighted by molar-refractivity contribution is 0.101. The molecule has 0 radical (unpaired) electrons. The molecule has 3 aromatic carbocycles. The van der Waals surface area contributed by atoms with Crippen molar-refractivity contribution in [1.82, 2.24) is 0 Å². The molecule has 154 valence electrons. The highest BCUT2D eigenvalue weighted by atomic mass is 32.2. The number of amides is 1. The van der Waals surface area contributed by atoms with Crippen LogP contribution in [0.15, 0.2) is 77.7 Å². The Labute approximate surface area is 174 Å². The molecule has 0 aliphatic rings. The number of hydrogen-bond donors (Lipinski definition) is 2. The number of anilines is 2. The van der Waals surface area contributed by atoms with E-state index in [0.717, 1.165) is 0 Å². The zero-order valence-electron chi connectivity index (χ0n) is 16.4. The Morgan fingerprint density at radius 1 is 0.867 bits per heavy atom. The fourth-order valence-corrected chi connectivity index (χ4v) is 3.92. The van der Waals surface area contributed by atoms with Gasteiger partial charge in [-0.15, -0.1) is 0 Å². The molecule has 7 nitrogen and oxygen atoms in total. The molecule has 3 aromatic rings.